The van der Waals surface area contributed by atoms with E-state index in [1.165, 1.54) is 12.1 Å². The van der Waals surface area contributed by atoms with Crippen molar-refractivity contribution in [3.05, 3.63) is 53.1 Å². The fourth-order valence-electron chi connectivity index (χ4n) is 1.51. The van der Waals surface area contributed by atoms with Crippen molar-refractivity contribution >= 4 is 23.2 Å². The Morgan fingerprint density at radius 3 is 2.44 bits per heavy atom. The molecule has 92 valence electrons. The minimum absolute atomic E-state index is 0.156. The van der Waals surface area contributed by atoms with E-state index >= 15 is 0 Å². The van der Waals surface area contributed by atoms with Gasteiger partial charge in [0.05, 0.1) is 10.6 Å². The SMILES string of the molecule is NC(=O)c1cc(N)cc(Cl)c1Oc1ccccc1. The van der Waals surface area contributed by atoms with Crippen LogP contribution in [0.3, 0.4) is 0 Å². The van der Waals surface area contributed by atoms with E-state index in [4.69, 9.17) is 27.8 Å². The Morgan fingerprint density at radius 1 is 1.17 bits per heavy atom. The van der Waals surface area contributed by atoms with Gasteiger partial charge in [0.1, 0.15) is 5.75 Å². The minimum atomic E-state index is -0.643. The number of hydrogen-bond acceptors (Lipinski definition) is 3. The fourth-order valence-corrected chi connectivity index (χ4v) is 1.77. The summed E-state index contributed by atoms with van der Waals surface area (Å²) in [5, 5.41) is 0.243. The number of rotatable bonds is 3. The van der Waals surface area contributed by atoms with E-state index in [2.05, 4.69) is 0 Å². The third kappa shape index (κ3) is 2.55. The Labute approximate surface area is 109 Å². The summed E-state index contributed by atoms with van der Waals surface area (Å²) in [7, 11) is 0. The third-order valence-corrected chi connectivity index (χ3v) is 2.58. The van der Waals surface area contributed by atoms with Gasteiger partial charge in [0.25, 0.3) is 5.91 Å². The van der Waals surface area contributed by atoms with E-state index in [-0.39, 0.29) is 16.3 Å². The first-order chi connectivity index (χ1) is 8.58. The Balaban J connectivity index is 2.47. The molecule has 1 amide bonds. The zero-order valence-electron chi connectivity index (χ0n) is 9.39. The second-order valence-electron chi connectivity index (χ2n) is 3.66. The van der Waals surface area contributed by atoms with Crippen LogP contribution in [-0.2, 0) is 0 Å². The monoisotopic (exact) mass is 262 g/mol. The van der Waals surface area contributed by atoms with Gasteiger partial charge in [-0.3, -0.25) is 4.79 Å². The van der Waals surface area contributed by atoms with E-state index in [0.29, 0.717) is 11.4 Å². The number of para-hydroxylation sites is 1. The first-order valence-corrected chi connectivity index (χ1v) is 5.57. The summed E-state index contributed by atoms with van der Waals surface area (Å²) in [5.41, 5.74) is 11.4. The third-order valence-electron chi connectivity index (χ3n) is 2.29. The highest BCUT2D eigenvalue weighted by Gasteiger charge is 2.15. The standard InChI is InChI=1S/C13H11ClN2O2/c14-11-7-8(15)6-10(13(16)17)12(11)18-9-4-2-1-3-5-9/h1-7H,15H2,(H2,16,17). The second kappa shape index (κ2) is 4.98. The summed E-state index contributed by atoms with van der Waals surface area (Å²) in [4.78, 5) is 11.3. The first-order valence-electron chi connectivity index (χ1n) is 5.19. The van der Waals surface area contributed by atoms with Crippen LogP contribution in [0.2, 0.25) is 5.02 Å². The first kappa shape index (κ1) is 12.3. The van der Waals surface area contributed by atoms with Crippen molar-refractivity contribution in [2.75, 3.05) is 5.73 Å². The van der Waals surface area contributed by atoms with Gasteiger partial charge in [-0.05, 0) is 24.3 Å². The van der Waals surface area contributed by atoms with Gasteiger partial charge in [-0.15, -0.1) is 0 Å². The number of carbonyl (C=O) groups excluding carboxylic acids is 1. The molecule has 4 nitrogen and oxygen atoms in total. The Bertz CT molecular complexity index is 585. The fraction of sp³-hybridized carbons (Fsp3) is 0. The number of amides is 1. The van der Waals surface area contributed by atoms with Crippen molar-refractivity contribution in [3.8, 4) is 11.5 Å². The lowest BCUT2D eigenvalue weighted by atomic mass is 10.1. The predicted molar refractivity (Wildman–Crippen MR) is 70.9 cm³/mol. The molecule has 0 aliphatic carbocycles. The number of nitrogens with two attached hydrogens (primary N) is 2. The van der Waals surface area contributed by atoms with Crippen LogP contribution in [0.5, 0.6) is 11.5 Å². The predicted octanol–water partition coefficient (Wildman–Crippen LogP) is 2.81. The van der Waals surface area contributed by atoms with Gasteiger partial charge in [0, 0.05) is 5.69 Å². The van der Waals surface area contributed by atoms with Crippen LogP contribution in [0.4, 0.5) is 5.69 Å². The Morgan fingerprint density at radius 2 is 1.83 bits per heavy atom. The lowest BCUT2D eigenvalue weighted by Gasteiger charge is -2.11. The number of carbonyl (C=O) groups is 1. The summed E-state index contributed by atoms with van der Waals surface area (Å²) in [6, 6.07) is 11.9. The van der Waals surface area contributed by atoms with Crippen LogP contribution in [0, 0.1) is 0 Å². The molecule has 0 aliphatic heterocycles. The van der Waals surface area contributed by atoms with Gasteiger partial charge in [-0.1, -0.05) is 29.8 Å². The summed E-state index contributed by atoms with van der Waals surface area (Å²) < 4.78 is 5.57. The van der Waals surface area contributed by atoms with Crippen LogP contribution in [0.1, 0.15) is 10.4 Å². The van der Waals surface area contributed by atoms with Crippen LogP contribution >= 0.6 is 11.6 Å². The van der Waals surface area contributed by atoms with Gasteiger partial charge in [-0.2, -0.15) is 0 Å². The van der Waals surface area contributed by atoms with Crippen LogP contribution in [0.25, 0.3) is 0 Å². The van der Waals surface area contributed by atoms with Crippen molar-refractivity contribution in [1.82, 2.24) is 0 Å². The largest absolute Gasteiger partial charge is 0.455 e. The maximum atomic E-state index is 11.3. The highest BCUT2D eigenvalue weighted by Crippen LogP contribution is 2.34. The average Bonchev–Trinajstić information content (AvgIpc) is 2.33. The van der Waals surface area contributed by atoms with Crippen LogP contribution < -0.4 is 16.2 Å². The zero-order chi connectivity index (χ0) is 13.1. The zero-order valence-corrected chi connectivity index (χ0v) is 10.1. The molecule has 4 N–H and O–H groups in total. The van der Waals surface area contributed by atoms with Crippen molar-refractivity contribution in [1.29, 1.82) is 0 Å². The van der Waals surface area contributed by atoms with Gasteiger partial charge in [-0.25, -0.2) is 0 Å². The lowest BCUT2D eigenvalue weighted by Crippen LogP contribution is -2.13. The molecule has 5 heteroatoms. The molecule has 0 spiro atoms. The molecule has 0 saturated heterocycles. The molecule has 2 rings (SSSR count). The van der Waals surface area contributed by atoms with Gasteiger partial charge in [0.2, 0.25) is 0 Å². The molecule has 0 unspecified atom stereocenters. The molecule has 0 atom stereocenters. The molecule has 2 aromatic carbocycles. The minimum Gasteiger partial charge on any atom is -0.455 e. The molecule has 0 aliphatic rings. The Kier molecular flexibility index (Phi) is 3.39. The van der Waals surface area contributed by atoms with Crippen molar-refractivity contribution in [2.24, 2.45) is 5.73 Å². The highest BCUT2D eigenvalue weighted by molar-refractivity contribution is 6.33. The smallest absolute Gasteiger partial charge is 0.252 e. The summed E-state index contributed by atoms with van der Waals surface area (Å²) in [5.74, 6) is 0.131. The molecule has 18 heavy (non-hydrogen) atoms. The molecule has 0 radical (unpaired) electrons. The topological polar surface area (TPSA) is 78.3 Å². The molecule has 2 aromatic rings. The quantitative estimate of drug-likeness (QED) is 0.835. The van der Waals surface area contributed by atoms with E-state index in [1.54, 1.807) is 12.1 Å². The molecular weight excluding hydrogens is 252 g/mol. The molecular formula is C13H11ClN2O2. The summed E-state index contributed by atoms with van der Waals surface area (Å²) in [6.07, 6.45) is 0. The number of benzene rings is 2. The molecule has 0 heterocycles. The molecule has 0 bridgehead atoms. The van der Waals surface area contributed by atoms with Crippen LogP contribution in [0.15, 0.2) is 42.5 Å². The van der Waals surface area contributed by atoms with Gasteiger partial charge >= 0.3 is 0 Å². The van der Waals surface area contributed by atoms with E-state index in [1.807, 2.05) is 18.2 Å². The number of nitrogen functional groups attached to an aromatic ring is 1. The number of ether oxygens (including phenoxy) is 1. The second-order valence-corrected chi connectivity index (χ2v) is 4.07. The van der Waals surface area contributed by atoms with Gasteiger partial charge < -0.3 is 16.2 Å². The number of halogens is 1. The normalized spacial score (nSPS) is 10.1. The number of primary amides is 1. The van der Waals surface area contributed by atoms with Crippen molar-refractivity contribution in [2.45, 2.75) is 0 Å². The Hall–Kier alpha value is -2.20. The molecule has 0 saturated carbocycles. The lowest BCUT2D eigenvalue weighted by molar-refractivity contribution is 0.0998. The van der Waals surface area contributed by atoms with E-state index < -0.39 is 5.91 Å². The van der Waals surface area contributed by atoms with Gasteiger partial charge in [0.15, 0.2) is 5.75 Å². The molecule has 0 fully saturated rings. The summed E-state index contributed by atoms with van der Waals surface area (Å²) in [6.45, 7) is 0. The highest BCUT2D eigenvalue weighted by atomic mass is 35.5. The van der Waals surface area contributed by atoms with Crippen LogP contribution in [-0.4, -0.2) is 5.91 Å². The van der Waals surface area contributed by atoms with Crippen molar-refractivity contribution < 1.29 is 9.53 Å². The molecule has 0 aromatic heterocycles. The number of anilines is 1. The maximum absolute atomic E-state index is 11.3. The summed E-state index contributed by atoms with van der Waals surface area (Å²) >= 11 is 6.02. The average molecular weight is 263 g/mol. The van der Waals surface area contributed by atoms with E-state index in [0.717, 1.165) is 0 Å². The van der Waals surface area contributed by atoms with Crippen molar-refractivity contribution in [3.63, 3.8) is 0 Å². The maximum Gasteiger partial charge on any atom is 0.252 e. The van der Waals surface area contributed by atoms with E-state index in [9.17, 15) is 4.79 Å². The number of hydrogen-bond donors (Lipinski definition) is 2.